The van der Waals surface area contributed by atoms with E-state index in [9.17, 15) is 9.18 Å². The number of likely N-dealkylation sites (tertiary alicyclic amines) is 1. The number of para-hydroxylation sites is 1. The minimum atomic E-state index is -2.49. The van der Waals surface area contributed by atoms with E-state index in [1.54, 1.807) is 43.3 Å². The highest BCUT2D eigenvalue weighted by atomic mass is 19.1. The Labute approximate surface area is 271 Å². The highest BCUT2D eigenvalue weighted by molar-refractivity contribution is 6.04. The van der Waals surface area contributed by atoms with E-state index < -0.39 is 25.2 Å². The molecule has 236 valence electrons. The SMILES string of the molecule is [2H]C([2H])=C(F)C(=O)Nc1cc(Nc2ncc(-c3nnc(C)o3)c(-c3cn(C([2H])([2H])[2H])c4ccccc34)n2)c(OC)cc1N(C)C1C2CN(C)CC21. The Morgan fingerprint density at radius 2 is 2.02 bits per heavy atom. The molecule has 1 saturated carbocycles. The van der Waals surface area contributed by atoms with Crippen molar-refractivity contribution in [2.75, 3.05) is 49.8 Å². The van der Waals surface area contributed by atoms with Crippen LogP contribution in [0.15, 0.2) is 65.6 Å². The number of hydrogen-bond acceptors (Lipinski definition) is 10. The van der Waals surface area contributed by atoms with Crippen LogP contribution in [0.1, 0.15) is 12.7 Å². The quantitative estimate of drug-likeness (QED) is 0.211. The lowest BCUT2D eigenvalue weighted by Crippen LogP contribution is -2.31. The summed E-state index contributed by atoms with van der Waals surface area (Å²) in [5.41, 5.74) is 2.66. The number of piperidine rings is 1. The van der Waals surface area contributed by atoms with Gasteiger partial charge in [0, 0.05) is 79.1 Å². The monoisotopic (exact) mass is 628 g/mol. The van der Waals surface area contributed by atoms with Crippen LogP contribution in [0.5, 0.6) is 5.75 Å². The number of carbonyl (C=O) groups excluding carboxylic acids is 1. The van der Waals surface area contributed by atoms with Crippen LogP contribution in [0.25, 0.3) is 33.6 Å². The average Bonchev–Trinajstić information content (AvgIpc) is 3.43. The second kappa shape index (κ2) is 11.2. The van der Waals surface area contributed by atoms with Crippen molar-refractivity contribution in [1.82, 2.24) is 29.6 Å². The summed E-state index contributed by atoms with van der Waals surface area (Å²) in [6, 6.07) is 10.5. The third-order valence-electron chi connectivity index (χ3n) is 8.68. The van der Waals surface area contributed by atoms with Crippen molar-refractivity contribution < 1.29 is 25.2 Å². The number of nitrogens with one attached hydrogen (secondary N) is 2. The Morgan fingerprint density at radius 1 is 1.22 bits per heavy atom. The molecule has 1 aliphatic carbocycles. The van der Waals surface area contributed by atoms with Crippen molar-refractivity contribution in [3.05, 3.63) is 67.0 Å². The molecule has 1 aliphatic heterocycles. The minimum absolute atomic E-state index is 0.0674. The van der Waals surface area contributed by atoms with E-state index in [0.717, 1.165) is 13.1 Å². The molecule has 1 saturated heterocycles. The van der Waals surface area contributed by atoms with Crippen LogP contribution in [0.3, 0.4) is 0 Å². The number of benzene rings is 2. The lowest BCUT2D eigenvalue weighted by Gasteiger charge is -2.27. The number of halogens is 1. The summed E-state index contributed by atoms with van der Waals surface area (Å²) in [5.74, 6) is -1.04. The first-order valence-electron chi connectivity index (χ1n) is 17.1. The number of methoxy groups -OCH3 is 1. The van der Waals surface area contributed by atoms with Crippen LogP contribution in [-0.4, -0.2) is 75.9 Å². The van der Waals surface area contributed by atoms with Crippen molar-refractivity contribution >= 4 is 39.8 Å². The van der Waals surface area contributed by atoms with Gasteiger partial charge in [-0.05, 0) is 31.0 Å². The summed E-state index contributed by atoms with van der Waals surface area (Å²) in [4.78, 5) is 26.4. The highest BCUT2D eigenvalue weighted by Gasteiger charge is 2.57. The molecule has 0 radical (unpaired) electrons. The van der Waals surface area contributed by atoms with Gasteiger partial charge < -0.3 is 34.2 Å². The summed E-state index contributed by atoms with van der Waals surface area (Å²) >= 11 is 0. The molecule has 2 fully saturated rings. The summed E-state index contributed by atoms with van der Waals surface area (Å²) < 4.78 is 66.2. The third-order valence-corrected chi connectivity index (χ3v) is 8.68. The normalized spacial score (nSPS) is 20.5. The number of aromatic nitrogens is 5. The molecule has 1 amide bonds. The maximum Gasteiger partial charge on any atom is 0.283 e. The second-order valence-electron chi connectivity index (χ2n) is 11.6. The zero-order valence-corrected chi connectivity index (χ0v) is 25.5. The summed E-state index contributed by atoms with van der Waals surface area (Å²) in [5, 5.41) is 14.4. The van der Waals surface area contributed by atoms with E-state index in [4.69, 9.17) is 21.0 Å². The van der Waals surface area contributed by atoms with Gasteiger partial charge >= 0.3 is 0 Å². The number of hydrogen-bond donors (Lipinski definition) is 2. The number of nitrogens with zero attached hydrogens (tertiary/aromatic N) is 7. The molecule has 2 atom stereocenters. The molecule has 0 bridgehead atoms. The van der Waals surface area contributed by atoms with Gasteiger partial charge in [0.25, 0.3) is 11.8 Å². The molecule has 0 spiro atoms. The molecule has 2 aliphatic rings. The van der Waals surface area contributed by atoms with Crippen molar-refractivity contribution in [2.24, 2.45) is 18.8 Å². The number of ether oxygens (including phenoxy) is 1. The number of aryl methyl sites for hydroxylation is 2. The Balaban J connectivity index is 1.33. The maximum absolute atomic E-state index is 14.5. The zero-order chi connectivity index (χ0) is 36.4. The van der Waals surface area contributed by atoms with Crippen LogP contribution < -0.4 is 20.3 Å². The molecule has 46 heavy (non-hydrogen) atoms. The predicted molar refractivity (Wildman–Crippen MR) is 174 cm³/mol. The molecular weight excluding hydrogens is 589 g/mol. The second-order valence-corrected chi connectivity index (χ2v) is 11.6. The van der Waals surface area contributed by atoms with Gasteiger partial charge in [-0.15, -0.1) is 10.2 Å². The lowest BCUT2D eigenvalue weighted by atomic mass is 10.1. The Morgan fingerprint density at radius 3 is 2.74 bits per heavy atom. The topological polar surface area (TPSA) is 126 Å². The number of amides is 1. The van der Waals surface area contributed by atoms with Crippen LogP contribution in [0.4, 0.5) is 27.4 Å². The molecule has 4 heterocycles. The van der Waals surface area contributed by atoms with Crippen LogP contribution in [-0.2, 0) is 11.8 Å². The Kier molecular flexibility index (Phi) is 5.87. The zero-order valence-electron chi connectivity index (χ0n) is 30.5. The molecular formula is C33H34FN9O3. The van der Waals surface area contributed by atoms with Gasteiger partial charge in [-0.25, -0.2) is 14.4 Å². The van der Waals surface area contributed by atoms with E-state index in [0.29, 0.717) is 62.6 Å². The highest BCUT2D eigenvalue weighted by Crippen LogP contribution is 2.51. The summed E-state index contributed by atoms with van der Waals surface area (Å²) in [7, 11) is 5.45. The van der Waals surface area contributed by atoms with Crippen molar-refractivity contribution in [1.29, 1.82) is 0 Å². The molecule has 5 aromatic rings. The first kappa shape index (κ1) is 24.0. The summed E-state index contributed by atoms with van der Waals surface area (Å²) in [6.45, 7) is -0.227. The number of rotatable bonds is 9. The van der Waals surface area contributed by atoms with Crippen molar-refractivity contribution in [3.63, 3.8) is 0 Å². The van der Waals surface area contributed by atoms with E-state index in [-0.39, 0.29) is 23.6 Å². The van der Waals surface area contributed by atoms with E-state index in [1.165, 1.54) is 24.1 Å². The first-order chi connectivity index (χ1) is 24.2. The van der Waals surface area contributed by atoms with Crippen LogP contribution >= 0.6 is 0 Å². The molecule has 2 N–H and O–H groups in total. The number of carbonyl (C=O) groups is 1. The van der Waals surface area contributed by atoms with E-state index in [2.05, 4.69) is 37.8 Å². The lowest BCUT2D eigenvalue weighted by molar-refractivity contribution is -0.114. The van der Waals surface area contributed by atoms with Crippen molar-refractivity contribution in [3.8, 4) is 28.5 Å². The maximum atomic E-state index is 14.5. The van der Waals surface area contributed by atoms with Gasteiger partial charge in [-0.2, -0.15) is 0 Å². The third kappa shape index (κ3) is 5.11. The predicted octanol–water partition coefficient (Wildman–Crippen LogP) is 5.16. The number of fused-ring (bicyclic) bond motifs is 2. The van der Waals surface area contributed by atoms with Gasteiger partial charge in [0.1, 0.15) is 5.75 Å². The molecule has 13 heteroatoms. The first-order valence-corrected chi connectivity index (χ1v) is 14.6. The molecule has 12 nitrogen and oxygen atoms in total. The van der Waals surface area contributed by atoms with Crippen LogP contribution in [0.2, 0.25) is 0 Å². The molecule has 3 aromatic heterocycles. The van der Waals surface area contributed by atoms with Gasteiger partial charge in [-0.1, -0.05) is 24.7 Å². The minimum Gasteiger partial charge on any atom is -0.494 e. The van der Waals surface area contributed by atoms with E-state index >= 15 is 0 Å². The van der Waals surface area contributed by atoms with Gasteiger partial charge in [0.05, 0.1) is 38.2 Å². The average molecular weight is 629 g/mol. The molecule has 2 aromatic carbocycles. The van der Waals surface area contributed by atoms with Crippen LogP contribution in [0, 0.1) is 18.8 Å². The smallest absolute Gasteiger partial charge is 0.283 e. The van der Waals surface area contributed by atoms with Gasteiger partial charge in [0.15, 0.2) is 5.83 Å². The Bertz CT molecular complexity index is 2190. The standard InChI is InChI=1S/C33H34FN9O3/c1-17(34)31(44)36-24-11-25(28(45-6)12-27(24)43(5)30-22-14-41(3)15-23(22)30)37-33-35-13-20(32-40-39-18(2)46-32)29(38-33)21-16-42(4)26-10-8-7-9-19(21)26/h7-13,16,22-23,30H,1,14-15H2,2-6H3,(H,36,44)(H,35,37,38)/i1D2,4D3. The fraction of sp³-hybridized carbons (Fsp3) is 0.303. The largest absolute Gasteiger partial charge is 0.494 e. The fourth-order valence-electron chi connectivity index (χ4n) is 6.54. The van der Waals surface area contributed by atoms with Crippen molar-refractivity contribution in [2.45, 2.75) is 13.0 Å². The molecule has 2 unspecified atom stereocenters. The Hall–Kier alpha value is -5.30. The van der Waals surface area contributed by atoms with E-state index in [1.807, 2.05) is 11.9 Å². The van der Waals surface area contributed by atoms with Gasteiger partial charge in [0.2, 0.25) is 11.8 Å². The van der Waals surface area contributed by atoms with Gasteiger partial charge in [-0.3, -0.25) is 4.79 Å². The fourth-order valence-corrected chi connectivity index (χ4v) is 6.54. The summed E-state index contributed by atoms with van der Waals surface area (Å²) in [6.07, 6.45) is 2.97. The molecule has 7 rings (SSSR count). The number of anilines is 4.